The Hall–Kier alpha value is -3.58. The van der Waals surface area contributed by atoms with Gasteiger partial charge >= 0.3 is 0 Å². The van der Waals surface area contributed by atoms with Gasteiger partial charge in [-0.25, -0.2) is 0 Å². The van der Waals surface area contributed by atoms with Crippen molar-refractivity contribution in [1.82, 2.24) is 0 Å². The van der Waals surface area contributed by atoms with Crippen LogP contribution in [0.1, 0.15) is 16.5 Å². The fourth-order valence-electron chi connectivity index (χ4n) is 3.50. The van der Waals surface area contributed by atoms with Crippen LogP contribution in [0.4, 0.5) is 5.69 Å². The summed E-state index contributed by atoms with van der Waals surface area (Å²) in [6, 6.07) is 16.6. The fraction of sp³-hybridized carbons (Fsp3) is 0.130. The number of benzene rings is 2. The number of carbonyl (C=O) groups is 2. The molecule has 152 valence electrons. The first-order valence-electron chi connectivity index (χ1n) is 9.18. The summed E-state index contributed by atoms with van der Waals surface area (Å²) in [7, 11) is 3.05. The van der Waals surface area contributed by atoms with Crippen LogP contribution in [0.5, 0.6) is 11.5 Å². The Bertz CT molecular complexity index is 1140. The summed E-state index contributed by atoms with van der Waals surface area (Å²) in [6.07, 6.45) is 0. The highest BCUT2D eigenvalue weighted by molar-refractivity contribution is 7.10. The highest BCUT2D eigenvalue weighted by atomic mass is 32.1. The molecule has 1 atom stereocenters. The van der Waals surface area contributed by atoms with Crippen LogP contribution in [0.15, 0.2) is 71.6 Å². The summed E-state index contributed by atoms with van der Waals surface area (Å²) in [5.74, 6) is -0.584. The molecule has 7 heteroatoms. The van der Waals surface area contributed by atoms with Gasteiger partial charge in [-0.15, -0.1) is 11.3 Å². The topological polar surface area (TPSA) is 76.1 Å². The maximum Gasteiger partial charge on any atom is 0.300 e. The molecule has 0 radical (unpaired) electrons. The lowest BCUT2D eigenvalue weighted by Crippen LogP contribution is -2.29. The molecule has 30 heavy (non-hydrogen) atoms. The van der Waals surface area contributed by atoms with Crippen molar-refractivity contribution in [2.75, 3.05) is 19.1 Å². The summed E-state index contributed by atoms with van der Waals surface area (Å²) in [4.78, 5) is 28.3. The van der Waals surface area contributed by atoms with E-state index < -0.39 is 17.7 Å². The molecule has 3 aromatic rings. The quantitative estimate of drug-likeness (QED) is 0.376. The average molecular weight is 421 g/mol. The predicted molar refractivity (Wildman–Crippen MR) is 115 cm³/mol. The SMILES string of the molecule is COc1cccc(/C(O)=C2/C(=O)C(=O)N(c3cccc(OC)c3)C2c2cccs2)c1. The zero-order chi connectivity index (χ0) is 21.3. The third-order valence-electron chi connectivity index (χ3n) is 4.93. The van der Waals surface area contributed by atoms with E-state index >= 15 is 0 Å². The Labute approximate surface area is 177 Å². The Balaban J connectivity index is 1.91. The number of rotatable bonds is 5. The molecule has 1 unspecified atom stereocenters. The molecule has 1 amide bonds. The molecule has 0 spiro atoms. The predicted octanol–water partition coefficient (Wildman–Crippen LogP) is 4.39. The van der Waals surface area contributed by atoms with Crippen LogP contribution in [0.2, 0.25) is 0 Å². The van der Waals surface area contributed by atoms with Gasteiger partial charge in [0.05, 0.1) is 19.8 Å². The maximum atomic E-state index is 13.1. The number of hydrogen-bond acceptors (Lipinski definition) is 6. The van der Waals surface area contributed by atoms with E-state index in [9.17, 15) is 14.7 Å². The number of carbonyl (C=O) groups excluding carboxylic acids is 2. The maximum absolute atomic E-state index is 13.1. The van der Waals surface area contributed by atoms with Gasteiger partial charge in [-0.1, -0.05) is 24.3 Å². The number of Topliss-reactive ketones (excluding diaryl/α,β-unsaturated/α-hetero) is 1. The molecule has 0 bridgehead atoms. The van der Waals surface area contributed by atoms with Gasteiger partial charge in [0.1, 0.15) is 23.3 Å². The van der Waals surface area contributed by atoms with Gasteiger partial charge in [0.15, 0.2) is 0 Å². The van der Waals surface area contributed by atoms with Crippen molar-refractivity contribution in [3.8, 4) is 11.5 Å². The Morgan fingerprint density at radius 3 is 2.33 bits per heavy atom. The molecule has 1 aromatic heterocycles. The summed E-state index contributed by atoms with van der Waals surface area (Å²) < 4.78 is 10.5. The van der Waals surface area contributed by atoms with Crippen molar-refractivity contribution < 1.29 is 24.2 Å². The van der Waals surface area contributed by atoms with Crippen LogP contribution < -0.4 is 14.4 Å². The normalized spacial score (nSPS) is 17.9. The number of methoxy groups -OCH3 is 2. The number of amides is 1. The zero-order valence-electron chi connectivity index (χ0n) is 16.4. The van der Waals surface area contributed by atoms with E-state index in [4.69, 9.17) is 9.47 Å². The highest BCUT2D eigenvalue weighted by Crippen LogP contribution is 2.44. The molecular weight excluding hydrogens is 402 g/mol. The average Bonchev–Trinajstić information content (AvgIpc) is 3.40. The minimum Gasteiger partial charge on any atom is -0.507 e. The van der Waals surface area contributed by atoms with Gasteiger partial charge in [0.2, 0.25) is 0 Å². The summed E-state index contributed by atoms with van der Waals surface area (Å²) in [5.41, 5.74) is 0.956. The molecule has 0 aliphatic carbocycles. The summed E-state index contributed by atoms with van der Waals surface area (Å²) >= 11 is 1.41. The first-order valence-corrected chi connectivity index (χ1v) is 10.1. The molecule has 1 aliphatic heterocycles. The van der Waals surface area contributed by atoms with Crippen molar-refractivity contribution in [3.05, 3.63) is 82.1 Å². The number of hydrogen-bond donors (Lipinski definition) is 1. The van der Waals surface area contributed by atoms with E-state index in [0.717, 1.165) is 4.88 Å². The van der Waals surface area contributed by atoms with Crippen LogP contribution >= 0.6 is 11.3 Å². The lowest BCUT2D eigenvalue weighted by molar-refractivity contribution is -0.132. The molecule has 1 N–H and O–H groups in total. The number of nitrogens with zero attached hydrogens (tertiary/aromatic N) is 1. The number of aliphatic hydroxyl groups excluding tert-OH is 1. The van der Waals surface area contributed by atoms with Gasteiger partial charge in [0, 0.05) is 22.2 Å². The monoisotopic (exact) mass is 421 g/mol. The summed E-state index contributed by atoms with van der Waals surface area (Å²) in [6.45, 7) is 0. The van der Waals surface area contributed by atoms with Gasteiger partial charge in [0.25, 0.3) is 11.7 Å². The Morgan fingerprint density at radius 1 is 0.967 bits per heavy atom. The smallest absolute Gasteiger partial charge is 0.300 e. The van der Waals surface area contributed by atoms with Gasteiger partial charge < -0.3 is 14.6 Å². The molecular formula is C23H19NO5S. The first kappa shape index (κ1) is 19.7. The van der Waals surface area contributed by atoms with E-state index in [1.807, 2.05) is 17.5 Å². The van der Waals surface area contributed by atoms with E-state index in [0.29, 0.717) is 22.7 Å². The third-order valence-corrected chi connectivity index (χ3v) is 5.86. The lowest BCUT2D eigenvalue weighted by Gasteiger charge is -2.24. The second kappa shape index (κ2) is 8.04. The van der Waals surface area contributed by atoms with Crippen molar-refractivity contribution in [2.24, 2.45) is 0 Å². The van der Waals surface area contributed by atoms with Crippen LogP contribution in [-0.2, 0) is 9.59 Å². The molecule has 1 fully saturated rings. The Kier molecular flexibility index (Phi) is 5.29. The first-order chi connectivity index (χ1) is 14.5. The van der Waals surface area contributed by atoms with Crippen LogP contribution in [0.3, 0.4) is 0 Å². The van der Waals surface area contributed by atoms with Crippen molar-refractivity contribution in [3.63, 3.8) is 0 Å². The molecule has 6 nitrogen and oxygen atoms in total. The highest BCUT2D eigenvalue weighted by Gasteiger charge is 2.47. The number of ketones is 1. The van der Waals surface area contributed by atoms with E-state index in [-0.39, 0.29) is 11.3 Å². The number of thiophene rings is 1. The second-order valence-electron chi connectivity index (χ2n) is 6.62. The van der Waals surface area contributed by atoms with Crippen molar-refractivity contribution in [1.29, 1.82) is 0 Å². The number of aliphatic hydroxyl groups is 1. The Morgan fingerprint density at radius 2 is 1.67 bits per heavy atom. The molecule has 2 aromatic carbocycles. The third kappa shape index (κ3) is 3.33. The van der Waals surface area contributed by atoms with E-state index in [1.165, 1.54) is 30.5 Å². The van der Waals surface area contributed by atoms with Crippen molar-refractivity contribution >= 4 is 34.5 Å². The fourth-order valence-corrected chi connectivity index (χ4v) is 4.32. The van der Waals surface area contributed by atoms with Crippen LogP contribution in [-0.4, -0.2) is 31.0 Å². The standard InChI is InChI=1S/C23H19NO5S/c1-28-16-8-3-6-14(12-16)21(25)19-20(18-10-5-11-30-18)24(23(27)22(19)26)15-7-4-9-17(13-15)29-2/h3-13,20,25H,1-2H3/b21-19-. The van der Waals surface area contributed by atoms with Gasteiger partial charge in [-0.05, 0) is 35.7 Å². The van der Waals surface area contributed by atoms with E-state index in [1.54, 1.807) is 48.5 Å². The summed E-state index contributed by atoms with van der Waals surface area (Å²) in [5, 5.41) is 12.9. The van der Waals surface area contributed by atoms with Crippen molar-refractivity contribution in [2.45, 2.75) is 6.04 Å². The molecule has 1 saturated heterocycles. The lowest BCUT2D eigenvalue weighted by atomic mass is 9.99. The number of ether oxygens (including phenoxy) is 2. The molecule has 2 heterocycles. The largest absolute Gasteiger partial charge is 0.507 e. The minimum atomic E-state index is -0.747. The minimum absolute atomic E-state index is 0.0403. The molecule has 4 rings (SSSR count). The molecule has 1 aliphatic rings. The molecule has 0 saturated carbocycles. The van der Waals surface area contributed by atoms with Gasteiger partial charge in [-0.2, -0.15) is 0 Å². The van der Waals surface area contributed by atoms with Crippen LogP contribution in [0.25, 0.3) is 5.76 Å². The van der Waals surface area contributed by atoms with Crippen LogP contribution in [0, 0.1) is 0 Å². The van der Waals surface area contributed by atoms with Gasteiger partial charge in [-0.3, -0.25) is 14.5 Å². The number of anilines is 1. The van der Waals surface area contributed by atoms with E-state index in [2.05, 4.69) is 0 Å². The second-order valence-corrected chi connectivity index (χ2v) is 7.60. The zero-order valence-corrected chi connectivity index (χ0v) is 17.2.